The highest BCUT2D eigenvalue weighted by Crippen LogP contribution is 2.33. The quantitative estimate of drug-likeness (QED) is 0.828. The molecule has 1 rings (SSSR count). The van der Waals surface area contributed by atoms with E-state index in [9.17, 15) is 26.4 Å². The Balaban J connectivity index is 3.02. The van der Waals surface area contributed by atoms with Crippen LogP contribution in [0.25, 0.3) is 0 Å². The lowest BCUT2D eigenvalue weighted by molar-refractivity contribution is -0.139. The van der Waals surface area contributed by atoms with Gasteiger partial charge in [0.05, 0.1) is 17.1 Å². The fraction of sp³-hybridized carbons (Fsp3) is 0.300. The first kappa shape index (κ1) is 16.2. The Kier molecular flexibility index (Phi) is 4.95. The molecule has 0 aliphatic heterocycles. The smallest absolute Gasteiger partial charge is 0.422 e. The van der Waals surface area contributed by atoms with Crippen LogP contribution in [0.4, 0.5) is 18.0 Å². The number of halogens is 3. The molecule has 6 nitrogen and oxygen atoms in total. The van der Waals surface area contributed by atoms with Crippen molar-refractivity contribution in [3.63, 3.8) is 0 Å². The summed E-state index contributed by atoms with van der Waals surface area (Å²) in [6, 6.07) is 3.59. The van der Waals surface area contributed by atoms with E-state index in [-0.39, 0.29) is 6.61 Å². The summed E-state index contributed by atoms with van der Waals surface area (Å²) in [6.07, 6.45) is -5.96. The van der Waals surface area contributed by atoms with Gasteiger partial charge in [-0.25, -0.2) is 18.6 Å². The van der Waals surface area contributed by atoms with E-state index < -0.39 is 32.8 Å². The van der Waals surface area contributed by atoms with Gasteiger partial charge in [0.1, 0.15) is 0 Å². The van der Waals surface area contributed by atoms with Gasteiger partial charge in [-0.3, -0.25) is 0 Å². The number of hydrazine groups is 1. The molecule has 1 amide bonds. The van der Waals surface area contributed by atoms with Crippen LogP contribution in [0.5, 0.6) is 0 Å². The predicted molar refractivity (Wildman–Crippen MR) is 61.9 cm³/mol. The van der Waals surface area contributed by atoms with Crippen LogP contribution in [-0.2, 0) is 20.9 Å². The van der Waals surface area contributed by atoms with Crippen LogP contribution < -0.4 is 10.3 Å². The third-order valence-corrected chi connectivity index (χ3v) is 3.35. The lowest BCUT2D eigenvalue weighted by atomic mass is 10.2. The lowest BCUT2D eigenvalue weighted by Crippen LogP contribution is -2.42. The molecule has 0 spiro atoms. The standard InChI is InChI=1S/C10H11F3N2O4S/c1-2-19-9(16)14-15-20(17,18)8-6-4-3-5-7(8)10(11,12)13/h3-6,15H,2H2,1H3,(H,14,16). The van der Waals surface area contributed by atoms with Gasteiger partial charge in [0.15, 0.2) is 0 Å². The van der Waals surface area contributed by atoms with Crippen LogP contribution in [0, 0.1) is 0 Å². The molecule has 0 aromatic heterocycles. The molecule has 0 saturated heterocycles. The number of hydrogen-bond acceptors (Lipinski definition) is 4. The second-order valence-corrected chi connectivity index (χ2v) is 5.10. The van der Waals surface area contributed by atoms with Crippen molar-refractivity contribution in [3.05, 3.63) is 29.8 Å². The zero-order valence-corrected chi connectivity index (χ0v) is 11.0. The maximum absolute atomic E-state index is 12.7. The second-order valence-electron chi connectivity index (χ2n) is 3.44. The number of sulfonamides is 1. The van der Waals surface area contributed by atoms with E-state index in [1.807, 2.05) is 0 Å². The number of rotatable bonds is 4. The number of amides is 1. The van der Waals surface area contributed by atoms with Crippen LogP contribution in [0.1, 0.15) is 12.5 Å². The normalized spacial score (nSPS) is 12.0. The first-order chi connectivity index (χ1) is 9.18. The topological polar surface area (TPSA) is 84.5 Å². The molecule has 1 aromatic carbocycles. The molecule has 0 heterocycles. The Morgan fingerprint density at radius 1 is 1.30 bits per heavy atom. The van der Waals surface area contributed by atoms with Gasteiger partial charge < -0.3 is 4.74 Å². The largest absolute Gasteiger partial charge is 0.449 e. The first-order valence-corrected chi connectivity index (χ1v) is 6.77. The Morgan fingerprint density at radius 2 is 1.90 bits per heavy atom. The number of benzene rings is 1. The monoisotopic (exact) mass is 312 g/mol. The predicted octanol–water partition coefficient (Wildman–Crippen LogP) is 1.64. The molecule has 20 heavy (non-hydrogen) atoms. The molecule has 0 aliphatic carbocycles. The molecule has 0 aliphatic rings. The van der Waals surface area contributed by atoms with Crippen LogP contribution in [0.15, 0.2) is 29.2 Å². The average Bonchev–Trinajstić information content (AvgIpc) is 2.36. The van der Waals surface area contributed by atoms with E-state index in [1.54, 1.807) is 5.43 Å². The summed E-state index contributed by atoms with van der Waals surface area (Å²) in [5.74, 6) is 0. The number of alkyl halides is 3. The van der Waals surface area contributed by atoms with Gasteiger partial charge in [-0.2, -0.15) is 13.2 Å². The van der Waals surface area contributed by atoms with E-state index in [0.29, 0.717) is 6.07 Å². The van der Waals surface area contributed by atoms with E-state index in [1.165, 1.54) is 11.8 Å². The Labute approximate surface area is 112 Å². The van der Waals surface area contributed by atoms with Crippen LogP contribution in [0.2, 0.25) is 0 Å². The fourth-order valence-corrected chi connectivity index (χ4v) is 2.32. The molecule has 0 unspecified atom stereocenters. The molecule has 0 bridgehead atoms. The summed E-state index contributed by atoms with van der Waals surface area (Å²) in [7, 11) is -4.57. The van der Waals surface area contributed by atoms with Gasteiger partial charge >= 0.3 is 12.3 Å². The van der Waals surface area contributed by atoms with E-state index in [2.05, 4.69) is 4.74 Å². The zero-order chi connectivity index (χ0) is 15.4. The minimum absolute atomic E-state index is 0.0211. The van der Waals surface area contributed by atoms with Crippen molar-refractivity contribution in [1.29, 1.82) is 0 Å². The Hall–Kier alpha value is -1.81. The third kappa shape index (κ3) is 4.10. The maximum atomic E-state index is 12.7. The summed E-state index contributed by atoms with van der Waals surface area (Å²) in [6.45, 7) is 1.46. The molecule has 0 atom stereocenters. The van der Waals surface area contributed by atoms with Gasteiger partial charge in [0.2, 0.25) is 0 Å². The molecular formula is C10H11F3N2O4S. The van der Waals surface area contributed by atoms with Crippen molar-refractivity contribution in [2.75, 3.05) is 6.61 Å². The second kappa shape index (κ2) is 6.09. The van der Waals surface area contributed by atoms with Crippen molar-refractivity contribution < 1.29 is 31.1 Å². The SMILES string of the molecule is CCOC(=O)NNS(=O)(=O)c1ccccc1C(F)(F)F. The third-order valence-electron chi connectivity index (χ3n) is 2.04. The van der Waals surface area contributed by atoms with E-state index in [4.69, 9.17) is 0 Å². The minimum Gasteiger partial charge on any atom is -0.449 e. The number of hydrogen-bond donors (Lipinski definition) is 2. The van der Waals surface area contributed by atoms with Gasteiger partial charge in [-0.15, -0.1) is 4.83 Å². The highest BCUT2D eigenvalue weighted by Gasteiger charge is 2.36. The molecule has 0 fully saturated rings. The maximum Gasteiger partial charge on any atom is 0.422 e. The van der Waals surface area contributed by atoms with Crippen LogP contribution in [-0.4, -0.2) is 21.1 Å². The van der Waals surface area contributed by atoms with Crippen molar-refractivity contribution >= 4 is 16.1 Å². The summed E-state index contributed by atoms with van der Waals surface area (Å²) in [4.78, 5) is 11.4. The van der Waals surface area contributed by atoms with E-state index in [0.717, 1.165) is 18.2 Å². The summed E-state index contributed by atoms with van der Waals surface area (Å²) < 4.78 is 65.9. The fourth-order valence-electron chi connectivity index (χ4n) is 1.27. The highest BCUT2D eigenvalue weighted by molar-refractivity contribution is 7.89. The van der Waals surface area contributed by atoms with Gasteiger partial charge in [-0.05, 0) is 19.1 Å². The summed E-state index contributed by atoms with van der Waals surface area (Å²) >= 11 is 0. The molecule has 10 heteroatoms. The molecule has 1 aromatic rings. The zero-order valence-electron chi connectivity index (χ0n) is 10.2. The van der Waals surface area contributed by atoms with Crippen molar-refractivity contribution in [3.8, 4) is 0 Å². The van der Waals surface area contributed by atoms with Crippen molar-refractivity contribution in [1.82, 2.24) is 10.3 Å². The molecule has 2 N–H and O–H groups in total. The van der Waals surface area contributed by atoms with Crippen molar-refractivity contribution in [2.45, 2.75) is 18.0 Å². The minimum atomic E-state index is -4.84. The number of nitrogens with one attached hydrogen (secondary N) is 2. The average molecular weight is 312 g/mol. The molecule has 112 valence electrons. The van der Waals surface area contributed by atoms with Crippen LogP contribution in [0.3, 0.4) is 0 Å². The molecule has 0 saturated carbocycles. The summed E-state index contributed by atoms with van der Waals surface area (Å²) in [5, 5.41) is 0. The number of carbonyl (C=O) groups is 1. The first-order valence-electron chi connectivity index (χ1n) is 5.29. The van der Waals surface area contributed by atoms with Gasteiger partial charge in [0, 0.05) is 0 Å². The summed E-state index contributed by atoms with van der Waals surface area (Å²) in [5.41, 5.74) is 0.299. The van der Waals surface area contributed by atoms with E-state index >= 15 is 0 Å². The molecular weight excluding hydrogens is 301 g/mol. The van der Waals surface area contributed by atoms with Crippen LogP contribution >= 0.6 is 0 Å². The highest BCUT2D eigenvalue weighted by atomic mass is 32.2. The number of carbonyl (C=O) groups excluding carboxylic acids is 1. The van der Waals surface area contributed by atoms with Crippen molar-refractivity contribution in [2.24, 2.45) is 0 Å². The molecule has 0 radical (unpaired) electrons. The van der Waals surface area contributed by atoms with Gasteiger partial charge in [-0.1, -0.05) is 12.1 Å². The lowest BCUT2D eigenvalue weighted by Gasteiger charge is -2.13. The number of ether oxygens (including phenoxy) is 1. The Bertz CT molecular complexity index is 586. The Morgan fingerprint density at radius 3 is 2.45 bits per heavy atom. The van der Waals surface area contributed by atoms with Gasteiger partial charge in [0.25, 0.3) is 10.0 Å².